The van der Waals surface area contributed by atoms with Crippen molar-refractivity contribution in [2.75, 3.05) is 26.3 Å². The molecule has 0 aromatic heterocycles. The third kappa shape index (κ3) is 2.39. The standard InChI is InChI=1S/C15H19NO3/c1-11(15(17)16-6-2-3-7-16)12-4-5-13-14(10-12)19-9-8-18-13/h4-5,10-11H,2-3,6-9H2,1H3. The van der Waals surface area contributed by atoms with Crippen LogP contribution in [-0.2, 0) is 4.79 Å². The number of carbonyl (C=O) groups excluding carboxylic acids is 1. The van der Waals surface area contributed by atoms with Crippen molar-refractivity contribution in [2.24, 2.45) is 0 Å². The lowest BCUT2D eigenvalue weighted by molar-refractivity contribution is -0.131. The maximum absolute atomic E-state index is 12.4. The van der Waals surface area contributed by atoms with E-state index in [1.807, 2.05) is 30.0 Å². The monoisotopic (exact) mass is 261 g/mol. The van der Waals surface area contributed by atoms with Crippen molar-refractivity contribution in [3.63, 3.8) is 0 Å². The molecule has 1 unspecified atom stereocenters. The van der Waals surface area contributed by atoms with E-state index in [1.54, 1.807) is 0 Å². The molecule has 1 atom stereocenters. The molecule has 102 valence electrons. The third-order valence-corrected chi connectivity index (χ3v) is 3.85. The second-order valence-corrected chi connectivity index (χ2v) is 5.16. The average molecular weight is 261 g/mol. The Morgan fingerprint density at radius 2 is 1.84 bits per heavy atom. The number of fused-ring (bicyclic) bond motifs is 1. The first-order valence-electron chi connectivity index (χ1n) is 6.94. The SMILES string of the molecule is CC(C(=O)N1CCCC1)c1ccc2c(c1)OCCO2. The molecule has 0 saturated carbocycles. The van der Waals surface area contributed by atoms with Crippen LogP contribution in [0.15, 0.2) is 18.2 Å². The summed E-state index contributed by atoms with van der Waals surface area (Å²) in [5.74, 6) is 1.63. The molecule has 0 spiro atoms. The van der Waals surface area contributed by atoms with Crippen LogP contribution in [0.2, 0.25) is 0 Å². The van der Waals surface area contributed by atoms with Gasteiger partial charge in [0.2, 0.25) is 5.91 Å². The zero-order valence-corrected chi connectivity index (χ0v) is 11.2. The van der Waals surface area contributed by atoms with Crippen LogP contribution < -0.4 is 9.47 Å². The molecule has 19 heavy (non-hydrogen) atoms. The second kappa shape index (κ2) is 5.11. The van der Waals surface area contributed by atoms with E-state index in [9.17, 15) is 4.79 Å². The molecule has 1 saturated heterocycles. The highest BCUT2D eigenvalue weighted by molar-refractivity contribution is 5.83. The molecule has 4 heteroatoms. The number of hydrogen-bond acceptors (Lipinski definition) is 3. The lowest BCUT2D eigenvalue weighted by Gasteiger charge is -2.23. The fraction of sp³-hybridized carbons (Fsp3) is 0.533. The van der Waals surface area contributed by atoms with Crippen molar-refractivity contribution in [1.82, 2.24) is 4.90 Å². The van der Waals surface area contributed by atoms with Gasteiger partial charge < -0.3 is 14.4 Å². The fourth-order valence-corrected chi connectivity index (χ4v) is 2.68. The first-order valence-corrected chi connectivity index (χ1v) is 6.94. The quantitative estimate of drug-likeness (QED) is 0.819. The number of rotatable bonds is 2. The summed E-state index contributed by atoms with van der Waals surface area (Å²) in [7, 11) is 0. The highest BCUT2D eigenvalue weighted by Crippen LogP contribution is 2.33. The van der Waals surface area contributed by atoms with Crippen LogP contribution in [0.25, 0.3) is 0 Å². The van der Waals surface area contributed by atoms with Gasteiger partial charge in [-0.2, -0.15) is 0 Å². The Bertz CT molecular complexity index is 480. The Morgan fingerprint density at radius 1 is 1.16 bits per heavy atom. The lowest BCUT2D eigenvalue weighted by Crippen LogP contribution is -2.31. The number of amides is 1. The molecule has 1 aromatic carbocycles. The van der Waals surface area contributed by atoms with Crippen molar-refractivity contribution in [2.45, 2.75) is 25.7 Å². The summed E-state index contributed by atoms with van der Waals surface area (Å²) >= 11 is 0. The van der Waals surface area contributed by atoms with Gasteiger partial charge in [0, 0.05) is 13.1 Å². The normalized spacial score (nSPS) is 19.3. The minimum absolute atomic E-state index is 0.117. The van der Waals surface area contributed by atoms with Gasteiger partial charge in [-0.3, -0.25) is 4.79 Å². The number of ether oxygens (including phenoxy) is 2. The van der Waals surface area contributed by atoms with Gasteiger partial charge in [0.1, 0.15) is 13.2 Å². The van der Waals surface area contributed by atoms with E-state index in [2.05, 4.69) is 0 Å². The first kappa shape index (κ1) is 12.3. The summed E-state index contributed by atoms with van der Waals surface area (Å²) in [4.78, 5) is 14.3. The summed E-state index contributed by atoms with van der Waals surface area (Å²) in [5, 5.41) is 0. The molecule has 0 bridgehead atoms. The molecule has 1 aromatic rings. The smallest absolute Gasteiger partial charge is 0.229 e. The molecule has 4 nitrogen and oxygen atoms in total. The van der Waals surface area contributed by atoms with E-state index in [4.69, 9.17) is 9.47 Å². The lowest BCUT2D eigenvalue weighted by atomic mass is 9.99. The van der Waals surface area contributed by atoms with Gasteiger partial charge in [0.05, 0.1) is 5.92 Å². The number of hydrogen-bond donors (Lipinski definition) is 0. The first-order chi connectivity index (χ1) is 9.25. The predicted octanol–water partition coefficient (Wildman–Crippen LogP) is 2.18. The molecule has 1 fully saturated rings. The largest absolute Gasteiger partial charge is 0.486 e. The van der Waals surface area contributed by atoms with E-state index in [-0.39, 0.29) is 11.8 Å². The Kier molecular flexibility index (Phi) is 3.32. The Morgan fingerprint density at radius 3 is 2.58 bits per heavy atom. The Balaban J connectivity index is 1.79. The number of benzene rings is 1. The number of likely N-dealkylation sites (tertiary alicyclic amines) is 1. The van der Waals surface area contributed by atoms with Gasteiger partial charge in [0.25, 0.3) is 0 Å². The molecule has 0 N–H and O–H groups in total. The second-order valence-electron chi connectivity index (χ2n) is 5.16. The third-order valence-electron chi connectivity index (χ3n) is 3.85. The van der Waals surface area contributed by atoms with Gasteiger partial charge in [-0.15, -0.1) is 0 Å². The molecule has 3 rings (SSSR count). The van der Waals surface area contributed by atoms with Crippen LogP contribution in [0, 0.1) is 0 Å². The zero-order chi connectivity index (χ0) is 13.2. The van der Waals surface area contributed by atoms with Crippen LogP contribution in [0.5, 0.6) is 11.5 Å². The Hall–Kier alpha value is -1.71. The molecular weight excluding hydrogens is 242 g/mol. The molecule has 1 amide bonds. The van der Waals surface area contributed by atoms with Gasteiger partial charge >= 0.3 is 0 Å². The molecular formula is C15H19NO3. The topological polar surface area (TPSA) is 38.8 Å². The zero-order valence-electron chi connectivity index (χ0n) is 11.2. The van der Waals surface area contributed by atoms with Crippen molar-refractivity contribution in [3.8, 4) is 11.5 Å². The van der Waals surface area contributed by atoms with Crippen molar-refractivity contribution >= 4 is 5.91 Å². The minimum atomic E-state index is -0.117. The maximum atomic E-state index is 12.4. The summed E-state index contributed by atoms with van der Waals surface area (Å²) in [6, 6.07) is 5.80. The summed E-state index contributed by atoms with van der Waals surface area (Å²) in [5.41, 5.74) is 1.00. The van der Waals surface area contributed by atoms with E-state index >= 15 is 0 Å². The van der Waals surface area contributed by atoms with Crippen molar-refractivity contribution in [1.29, 1.82) is 0 Å². The molecule has 2 aliphatic heterocycles. The number of nitrogens with zero attached hydrogens (tertiary/aromatic N) is 1. The Labute approximate surface area is 113 Å². The molecule has 0 aliphatic carbocycles. The highest BCUT2D eigenvalue weighted by Gasteiger charge is 2.25. The van der Waals surface area contributed by atoms with E-state index in [0.29, 0.717) is 13.2 Å². The highest BCUT2D eigenvalue weighted by atomic mass is 16.6. The fourth-order valence-electron chi connectivity index (χ4n) is 2.68. The predicted molar refractivity (Wildman–Crippen MR) is 71.7 cm³/mol. The minimum Gasteiger partial charge on any atom is -0.486 e. The average Bonchev–Trinajstić information content (AvgIpc) is 2.99. The van der Waals surface area contributed by atoms with Gasteiger partial charge in [0.15, 0.2) is 11.5 Å². The van der Waals surface area contributed by atoms with E-state index in [0.717, 1.165) is 43.0 Å². The molecule has 2 heterocycles. The van der Waals surface area contributed by atoms with Gasteiger partial charge in [-0.1, -0.05) is 6.07 Å². The van der Waals surface area contributed by atoms with Crippen molar-refractivity contribution < 1.29 is 14.3 Å². The van der Waals surface area contributed by atoms with Crippen molar-refractivity contribution in [3.05, 3.63) is 23.8 Å². The van der Waals surface area contributed by atoms with Crippen LogP contribution in [0.4, 0.5) is 0 Å². The number of carbonyl (C=O) groups is 1. The molecule has 2 aliphatic rings. The molecule has 0 radical (unpaired) electrons. The van der Waals surface area contributed by atoms with Crippen LogP contribution in [-0.4, -0.2) is 37.1 Å². The van der Waals surface area contributed by atoms with Crippen LogP contribution in [0.3, 0.4) is 0 Å². The van der Waals surface area contributed by atoms with E-state index < -0.39 is 0 Å². The summed E-state index contributed by atoms with van der Waals surface area (Å²) < 4.78 is 11.1. The van der Waals surface area contributed by atoms with Crippen LogP contribution in [0.1, 0.15) is 31.2 Å². The van der Waals surface area contributed by atoms with Crippen LogP contribution >= 0.6 is 0 Å². The summed E-state index contributed by atoms with van der Waals surface area (Å²) in [6.45, 7) is 4.92. The van der Waals surface area contributed by atoms with E-state index in [1.165, 1.54) is 0 Å². The maximum Gasteiger partial charge on any atom is 0.229 e. The van der Waals surface area contributed by atoms with Gasteiger partial charge in [-0.05, 0) is 37.5 Å². The van der Waals surface area contributed by atoms with Gasteiger partial charge in [-0.25, -0.2) is 0 Å². The summed E-state index contributed by atoms with van der Waals surface area (Å²) in [6.07, 6.45) is 2.25.